The summed E-state index contributed by atoms with van der Waals surface area (Å²) in [6.07, 6.45) is -4.32. The minimum Gasteiger partial charge on any atom is -0.495 e. The monoisotopic (exact) mass is 613 g/mol. The number of benzene rings is 2. The van der Waals surface area contributed by atoms with Crippen molar-refractivity contribution in [2.24, 2.45) is 5.92 Å². The van der Waals surface area contributed by atoms with Crippen LogP contribution in [0.25, 0.3) is 0 Å². The molecule has 3 aliphatic heterocycles. The Balaban J connectivity index is 1.43. The molecule has 1 N–H and O–H groups in total. The van der Waals surface area contributed by atoms with E-state index in [9.17, 15) is 27.6 Å². The molecule has 236 valence electrons. The fourth-order valence-corrected chi connectivity index (χ4v) is 6.42. The van der Waals surface area contributed by atoms with Gasteiger partial charge < -0.3 is 24.8 Å². The second-order valence-electron chi connectivity index (χ2n) is 11.6. The van der Waals surface area contributed by atoms with Crippen molar-refractivity contribution in [1.82, 2.24) is 20.0 Å². The Hall–Kier alpha value is -4.22. The Morgan fingerprint density at radius 2 is 1.68 bits per heavy atom. The van der Waals surface area contributed by atoms with Crippen molar-refractivity contribution in [3.05, 3.63) is 70.9 Å². The number of alkyl halides is 3. The summed E-state index contributed by atoms with van der Waals surface area (Å²) in [6, 6.07) is 9.94. The van der Waals surface area contributed by atoms with Gasteiger partial charge in [0.2, 0.25) is 5.91 Å². The molecule has 3 aliphatic rings. The lowest BCUT2D eigenvalue weighted by Crippen LogP contribution is -2.56. The summed E-state index contributed by atoms with van der Waals surface area (Å²) >= 11 is 0. The molecule has 9 nitrogen and oxygen atoms in total. The summed E-state index contributed by atoms with van der Waals surface area (Å²) in [5.74, 6) is 0.0517. The van der Waals surface area contributed by atoms with Crippen molar-refractivity contribution < 1.29 is 32.3 Å². The summed E-state index contributed by atoms with van der Waals surface area (Å²) in [4.78, 5) is 48.2. The number of hydrogen-bond donors (Lipinski definition) is 1. The molecule has 0 spiro atoms. The lowest BCUT2D eigenvalue weighted by atomic mass is 9.91. The van der Waals surface area contributed by atoms with Gasteiger partial charge in [-0.25, -0.2) is 4.79 Å². The average Bonchev–Trinajstić information content (AvgIpc) is 3.35. The number of hydrogen-bond acceptors (Lipinski definition) is 5. The standard InChI is InChI=1S/C32H38F3N5O4/c1-5-39-25-19-40(30(42)27(25)28(36-31(39)43)21-10-6-7-11-22(21)32(33,34)35)24(18-20(2)3)29(41)38-16-14-37(15-17-38)23-12-8-9-13-26(23)44-4/h6-13,20,24,28H,5,14-19H2,1-4H3,(H,36,43)/t24-,28+/m1/s1. The topological polar surface area (TPSA) is 85.4 Å². The van der Waals surface area contributed by atoms with E-state index >= 15 is 0 Å². The van der Waals surface area contributed by atoms with Crippen molar-refractivity contribution in [3.63, 3.8) is 0 Å². The average molecular weight is 614 g/mol. The molecule has 2 aromatic carbocycles. The number of amides is 4. The van der Waals surface area contributed by atoms with Crippen LogP contribution in [0.2, 0.25) is 0 Å². The van der Waals surface area contributed by atoms with Gasteiger partial charge in [-0.15, -0.1) is 0 Å². The summed E-state index contributed by atoms with van der Waals surface area (Å²) in [5.41, 5.74) is 0.230. The summed E-state index contributed by atoms with van der Waals surface area (Å²) in [7, 11) is 1.62. The first-order valence-corrected chi connectivity index (χ1v) is 14.9. The van der Waals surface area contributed by atoms with Crippen LogP contribution in [0.5, 0.6) is 5.75 Å². The van der Waals surface area contributed by atoms with Gasteiger partial charge in [0.15, 0.2) is 0 Å². The number of ether oxygens (including phenoxy) is 1. The fraction of sp³-hybridized carbons (Fsp3) is 0.469. The fourth-order valence-electron chi connectivity index (χ4n) is 6.42. The Bertz CT molecular complexity index is 1450. The van der Waals surface area contributed by atoms with E-state index in [2.05, 4.69) is 10.2 Å². The summed E-state index contributed by atoms with van der Waals surface area (Å²) in [5, 5.41) is 2.64. The van der Waals surface area contributed by atoms with Crippen LogP contribution in [0.3, 0.4) is 0 Å². The molecule has 5 rings (SSSR count). The number of halogens is 3. The van der Waals surface area contributed by atoms with Crippen molar-refractivity contribution in [1.29, 1.82) is 0 Å². The first-order valence-electron chi connectivity index (χ1n) is 14.9. The van der Waals surface area contributed by atoms with E-state index < -0.39 is 35.8 Å². The number of carbonyl (C=O) groups is 3. The van der Waals surface area contributed by atoms with Crippen LogP contribution in [0.15, 0.2) is 59.8 Å². The van der Waals surface area contributed by atoms with E-state index in [1.54, 1.807) is 18.9 Å². The largest absolute Gasteiger partial charge is 0.495 e. The lowest BCUT2D eigenvalue weighted by Gasteiger charge is -2.40. The van der Waals surface area contributed by atoms with E-state index in [0.717, 1.165) is 17.5 Å². The molecule has 0 aromatic heterocycles. The van der Waals surface area contributed by atoms with Crippen LogP contribution in [-0.2, 0) is 15.8 Å². The van der Waals surface area contributed by atoms with E-state index in [1.807, 2.05) is 38.1 Å². The second kappa shape index (κ2) is 12.4. The number of urea groups is 1. The lowest BCUT2D eigenvalue weighted by molar-refractivity contribution is -0.144. The maximum absolute atomic E-state index is 14.2. The smallest absolute Gasteiger partial charge is 0.416 e. The first kappa shape index (κ1) is 31.2. The van der Waals surface area contributed by atoms with Crippen LogP contribution in [0.1, 0.15) is 44.4 Å². The zero-order valence-corrected chi connectivity index (χ0v) is 25.4. The van der Waals surface area contributed by atoms with Gasteiger partial charge in [0.05, 0.1) is 42.2 Å². The molecule has 12 heteroatoms. The number of piperazine rings is 1. The van der Waals surface area contributed by atoms with E-state index in [0.29, 0.717) is 38.3 Å². The van der Waals surface area contributed by atoms with Crippen molar-refractivity contribution in [2.45, 2.75) is 45.5 Å². The van der Waals surface area contributed by atoms with Crippen molar-refractivity contribution in [3.8, 4) is 5.75 Å². The normalized spacial score (nSPS) is 19.9. The van der Waals surface area contributed by atoms with E-state index in [1.165, 1.54) is 28.0 Å². The Morgan fingerprint density at radius 1 is 1.02 bits per heavy atom. The molecule has 2 atom stereocenters. The maximum atomic E-state index is 14.2. The predicted octanol–water partition coefficient (Wildman–Crippen LogP) is 4.66. The van der Waals surface area contributed by atoms with E-state index in [-0.39, 0.29) is 36.1 Å². The zero-order chi connectivity index (χ0) is 31.8. The molecule has 44 heavy (non-hydrogen) atoms. The van der Waals surface area contributed by atoms with Gasteiger partial charge in [0.25, 0.3) is 5.91 Å². The zero-order valence-electron chi connectivity index (χ0n) is 25.4. The quantitative estimate of drug-likeness (QED) is 0.468. The minimum absolute atomic E-state index is 0.0373. The summed E-state index contributed by atoms with van der Waals surface area (Å²) < 4.78 is 47.6. The Morgan fingerprint density at radius 3 is 2.32 bits per heavy atom. The third-order valence-corrected chi connectivity index (χ3v) is 8.52. The number of carbonyl (C=O) groups excluding carboxylic acids is 3. The molecule has 2 aromatic rings. The highest BCUT2D eigenvalue weighted by molar-refractivity contribution is 6.03. The predicted molar refractivity (Wildman–Crippen MR) is 159 cm³/mol. The number of anilines is 1. The van der Waals surface area contributed by atoms with Crippen LogP contribution >= 0.6 is 0 Å². The van der Waals surface area contributed by atoms with Crippen LogP contribution in [-0.4, -0.2) is 85.0 Å². The highest BCUT2D eigenvalue weighted by Crippen LogP contribution is 2.42. The van der Waals surface area contributed by atoms with Crippen LogP contribution in [0.4, 0.5) is 23.7 Å². The third kappa shape index (κ3) is 5.81. The molecule has 0 aliphatic carbocycles. The molecular weight excluding hydrogens is 575 g/mol. The van der Waals surface area contributed by atoms with Crippen LogP contribution < -0.4 is 15.0 Å². The SMILES string of the molecule is CCN1C(=O)N[C@@H](c2ccccc2C(F)(F)F)C2=C1CN([C@H](CC(C)C)C(=O)N1CCN(c3ccccc3OC)CC1)C2=O. The molecule has 3 heterocycles. The molecule has 0 unspecified atom stereocenters. The van der Waals surface area contributed by atoms with Crippen LogP contribution in [0, 0.1) is 5.92 Å². The molecule has 0 saturated carbocycles. The number of rotatable bonds is 8. The maximum Gasteiger partial charge on any atom is 0.416 e. The van der Waals surface area contributed by atoms with Crippen molar-refractivity contribution in [2.75, 3.05) is 51.3 Å². The molecular formula is C32H38F3N5O4. The van der Waals surface area contributed by atoms with Gasteiger partial charge in [-0.05, 0) is 43.0 Å². The number of nitrogens with one attached hydrogen (secondary N) is 1. The first-order chi connectivity index (χ1) is 21.0. The third-order valence-electron chi connectivity index (χ3n) is 8.52. The number of para-hydroxylation sites is 2. The number of likely N-dealkylation sites (N-methyl/N-ethyl adjacent to an activating group) is 1. The molecule has 4 amide bonds. The molecule has 0 bridgehead atoms. The van der Waals surface area contributed by atoms with Gasteiger partial charge >= 0.3 is 12.2 Å². The van der Waals surface area contributed by atoms with Gasteiger partial charge in [-0.1, -0.05) is 44.2 Å². The van der Waals surface area contributed by atoms with E-state index in [4.69, 9.17) is 4.74 Å². The highest BCUT2D eigenvalue weighted by atomic mass is 19.4. The van der Waals surface area contributed by atoms with Gasteiger partial charge in [-0.2, -0.15) is 13.2 Å². The molecule has 1 saturated heterocycles. The summed E-state index contributed by atoms with van der Waals surface area (Å²) in [6.45, 7) is 7.84. The molecule has 1 fully saturated rings. The van der Waals surface area contributed by atoms with Crippen molar-refractivity contribution >= 4 is 23.5 Å². The number of methoxy groups -OCH3 is 1. The molecule has 0 radical (unpaired) electrons. The highest BCUT2D eigenvalue weighted by Gasteiger charge is 2.49. The number of nitrogens with zero attached hydrogens (tertiary/aromatic N) is 4. The van der Waals surface area contributed by atoms with Gasteiger partial charge in [0, 0.05) is 32.7 Å². The Kier molecular flexibility index (Phi) is 8.80. The van der Waals surface area contributed by atoms with Gasteiger partial charge in [0.1, 0.15) is 11.8 Å². The Labute approximate surface area is 255 Å². The second-order valence-corrected chi connectivity index (χ2v) is 11.6. The minimum atomic E-state index is -4.69. The van der Waals surface area contributed by atoms with Gasteiger partial charge in [-0.3, -0.25) is 14.5 Å².